The molecule has 0 aliphatic carbocycles. The highest BCUT2D eigenvalue weighted by Crippen LogP contribution is 2.25. The van der Waals surface area contributed by atoms with Crippen LogP contribution in [-0.4, -0.2) is 27.2 Å². The molecule has 1 N–H and O–H groups in total. The van der Waals surface area contributed by atoms with Crippen LogP contribution in [0.2, 0.25) is 0 Å². The van der Waals surface area contributed by atoms with Crippen LogP contribution in [0, 0.1) is 6.92 Å². The molecule has 1 rings (SSSR count). The van der Waals surface area contributed by atoms with Crippen LogP contribution in [0.3, 0.4) is 0 Å². The van der Waals surface area contributed by atoms with Crippen molar-refractivity contribution < 1.29 is 0 Å². The van der Waals surface area contributed by atoms with Gasteiger partial charge in [0.2, 0.25) is 0 Å². The summed E-state index contributed by atoms with van der Waals surface area (Å²) in [5, 5.41) is 3.20. The highest BCUT2D eigenvalue weighted by Gasteiger charge is 2.07. The second-order valence-electron chi connectivity index (χ2n) is 5.43. The van der Waals surface area contributed by atoms with Crippen molar-refractivity contribution in [3.8, 4) is 0 Å². The van der Waals surface area contributed by atoms with Crippen LogP contribution in [0.5, 0.6) is 0 Å². The van der Waals surface area contributed by atoms with Crippen molar-refractivity contribution in [1.29, 1.82) is 0 Å². The number of rotatable bonds is 7. The molecule has 0 heterocycles. The summed E-state index contributed by atoms with van der Waals surface area (Å²) in [7, 11) is 4.21. The van der Waals surface area contributed by atoms with E-state index in [0.29, 0.717) is 5.92 Å². The van der Waals surface area contributed by atoms with Gasteiger partial charge in [-0.3, -0.25) is 0 Å². The van der Waals surface area contributed by atoms with Crippen molar-refractivity contribution in [3.05, 3.63) is 29.3 Å². The molecule has 0 radical (unpaired) electrons. The third-order valence-electron chi connectivity index (χ3n) is 3.48. The molecule has 0 aromatic heterocycles. The van der Waals surface area contributed by atoms with E-state index in [4.69, 9.17) is 0 Å². The maximum atomic E-state index is 3.20. The second kappa shape index (κ2) is 7.42. The Labute approximate surface area is 112 Å². The smallest absolute Gasteiger partial charge is 0.0396 e. The Morgan fingerprint density at radius 1 is 1.22 bits per heavy atom. The molecule has 0 bridgehead atoms. The summed E-state index contributed by atoms with van der Waals surface area (Å²) in [4.78, 5) is 2.39. The van der Waals surface area contributed by atoms with Gasteiger partial charge in [0.25, 0.3) is 0 Å². The Kier molecular flexibility index (Phi) is 6.20. The lowest BCUT2D eigenvalue weighted by Crippen LogP contribution is -2.21. The molecule has 0 atom stereocenters. The van der Waals surface area contributed by atoms with Crippen LogP contribution in [0.4, 0.5) is 5.69 Å². The van der Waals surface area contributed by atoms with Crippen molar-refractivity contribution >= 4 is 5.69 Å². The fraction of sp³-hybridized carbons (Fsp3) is 0.625. The minimum absolute atomic E-state index is 0.599. The zero-order chi connectivity index (χ0) is 13.5. The molecule has 0 amide bonds. The molecule has 1 aromatic carbocycles. The van der Waals surface area contributed by atoms with E-state index >= 15 is 0 Å². The van der Waals surface area contributed by atoms with Crippen LogP contribution in [-0.2, 0) is 0 Å². The van der Waals surface area contributed by atoms with E-state index in [9.17, 15) is 0 Å². The first-order valence-electron chi connectivity index (χ1n) is 7.02. The fourth-order valence-electron chi connectivity index (χ4n) is 2.17. The SMILES string of the molecule is CNCCCCN(C)c1cc(C(C)C)ccc1C. The Bertz CT molecular complexity index is 358. The van der Waals surface area contributed by atoms with Crippen LogP contribution >= 0.6 is 0 Å². The zero-order valence-corrected chi connectivity index (χ0v) is 12.6. The molecular formula is C16H28N2. The molecule has 102 valence electrons. The third-order valence-corrected chi connectivity index (χ3v) is 3.48. The van der Waals surface area contributed by atoms with E-state index in [0.717, 1.165) is 13.1 Å². The van der Waals surface area contributed by atoms with Gasteiger partial charge in [-0.1, -0.05) is 26.0 Å². The van der Waals surface area contributed by atoms with Gasteiger partial charge in [-0.05, 0) is 56.5 Å². The van der Waals surface area contributed by atoms with Crippen molar-refractivity contribution in [2.45, 2.75) is 39.5 Å². The van der Waals surface area contributed by atoms with E-state index in [1.807, 2.05) is 7.05 Å². The number of anilines is 1. The first-order valence-corrected chi connectivity index (χ1v) is 7.02. The lowest BCUT2D eigenvalue weighted by atomic mass is 10.00. The van der Waals surface area contributed by atoms with Gasteiger partial charge in [0.15, 0.2) is 0 Å². The molecule has 2 heteroatoms. The first kappa shape index (κ1) is 15.0. The molecular weight excluding hydrogens is 220 g/mol. The van der Waals surface area contributed by atoms with Gasteiger partial charge in [0, 0.05) is 19.3 Å². The minimum atomic E-state index is 0.599. The third kappa shape index (κ3) is 4.34. The molecule has 0 unspecified atom stereocenters. The Hall–Kier alpha value is -1.02. The molecule has 0 spiro atoms. The summed E-state index contributed by atoms with van der Waals surface area (Å²) in [6.07, 6.45) is 2.48. The standard InChI is InChI=1S/C16H28N2/c1-13(2)15-9-8-14(3)16(12-15)18(5)11-7-6-10-17-4/h8-9,12-13,17H,6-7,10-11H2,1-5H3. The van der Waals surface area contributed by atoms with Gasteiger partial charge in [-0.15, -0.1) is 0 Å². The lowest BCUT2D eigenvalue weighted by Gasteiger charge is -2.23. The topological polar surface area (TPSA) is 15.3 Å². The average Bonchev–Trinajstić information content (AvgIpc) is 2.34. The minimum Gasteiger partial charge on any atom is -0.374 e. The zero-order valence-electron chi connectivity index (χ0n) is 12.6. The number of benzene rings is 1. The van der Waals surface area contributed by atoms with Gasteiger partial charge < -0.3 is 10.2 Å². The summed E-state index contributed by atoms with van der Waals surface area (Å²) in [5.41, 5.74) is 4.18. The van der Waals surface area contributed by atoms with Gasteiger partial charge >= 0.3 is 0 Å². The average molecular weight is 248 g/mol. The van der Waals surface area contributed by atoms with E-state index in [1.54, 1.807) is 0 Å². The van der Waals surface area contributed by atoms with E-state index in [1.165, 1.54) is 29.7 Å². The van der Waals surface area contributed by atoms with Gasteiger partial charge in [-0.25, -0.2) is 0 Å². The van der Waals surface area contributed by atoms with Crippen molar-refractivity contribution in [1.82, 2.24) is 5.32 Å². The molecule has 18 heavy (non-hydrogen) atoms. The fourth-order valence-corrected chi connectivity index (χ4v) is 2.17. The number of aryl methyl sites for hydroxylation is 1. The number of nitrogens with one attached hydrogen (secondary N) is 1. The summed E-state index contributed by atoms with van der Waals surface area (Å²) in [6.45, 7) is 8.94. The van der Waals surface area contributed by atoms with Crippen molar-refractivity contribution in [2.75, 3.05) is 32.1 Å². The molecule has 0 aliphatic heterocycles. The summed E-state index contributed by atoms with van der Waals surface area (Å²) in [6, 6.07) is 6.84. The van der Waals surface area contributed by atoms with E-state index < -0.39 is 0 Å². The van der Waals surface area contributed by atoms with Crippen LogP contribution in [0.1, 0.15) is 43.7 Å². The van der Waals surface area contributed by atoms with Crippen molar-refractivity contribution in [2.24, 2.45) is 0 Å². The largest absolute Gasteiger partial charge is 0.374 e. The lowest BCUT2D eigenvalue weighted by molar-refractivity contribution is 0.670. The van der Waals surface area contributed by atoms with Crippen LogP contribution in [0.25, 0.3) is 0 Å². The Morgan fingerprint density at radius 3 is 2.56 bits per heavy atom. The van der Waals surface area contributed by atoms with Crippen LogP contribution in [0.15, 0.2) is 18.2 Å². The number of hydrogen-bond donors (Lipinski definition) is 1. The number of hydrogen-bond acceptors (Lipinski definition) is 2. The monoisotopic (exact) mass is 248 g/mol. The molecule has 0 fully saturated rings. The Balaban J connectivity index is 2.65. The second-order valence-corrected chi connectivity index (χ2v) is 5.43. The normalized spacial score (nSPS) is 11.0. The Morgan fingerprint density at radius 2 is 1.94 bits per heavy atom. The summed E-state index contributed by atoms with van der Waals surface area (Å²) < 4.78 is 0. The summed E-state index contributed by atoms with van der Waals surface area (Å²) >= 11 is 0. The van der Waals surface area contributed by atoms with E-state index in [-0.39, 0.29) is 0 Å². The maximum Gasteiger partial charge on any atom is 0.0396 e. The summed E-state index contributed by atoms with van der Waals surface area (Å²) in [5.74, 6) is 0.599. The molecule has 0 saturated heterocycles. The van der Waals surface area contributed by atoms with Gasteiger partial charge in [-0.2, -0.15) is 0 Å². The maximum absolute atomic E-state index is 3.20. The molecule has 0 saturated carbocycles. The molecule has 1 aromatic rings. The van der Waals surface area contributed by atoms with Gasteiger partial charge in [0.1, 0.15) is 0 Å². The van der Waals surface area contributed by atoms with Gasteiger partial charge in [0.05, 0.1) is 0 Å². The number of nitrogens with zero attached hydrogens (tertiary/aromatic N) is 1. The predicted octanol–water partition coefficient (Wildman–Crippen LogP) is 3.55. The van der Waals surface area contributed by atoms with Crippen molar-refractivity contribution in [3.63, 3.8) is 0 Å². The first-order chi connectivity index (χ1) is 8.56. The van der Waals surface area contributed by atoms with E-state index in [2.05, 4.69) is 56.2 Å². The quantitative estimate of drug-likeness (QED) is 0.742. The highest BCUT2D eigenvalue weighted by molar-refractivity contribution is 5.54. The molecule has 2 nitrogen and oxygen atoms in total. The predicted molar refractivity (Wildman–Crippen MR) is 81.7 cm³/mol. The molecule has 0 aliphatic rings. The number of unbranched alkanes of at least 4 members (excludes halogenated alkanes) is 1. The van der Waals surface area contributed by atoms with Crippen LogP contribution < -0.4 is 10.2 Å². The highest BCUT2D eigenvalue weighted by atomic mass is 15.1.